The Morgan fingerprint density at radius 1 is 1.39 bits per heavy atom. The number of piperidine rings is 1. The Hall–Kier alpha value is -2.34. The van der Waals surface area contributed by atoms with Crippen molar-refractivity contribution in [2.24, 2.45) is 5.92 Å². The van der Waals surface area contributed by atoms with Gasteiger partial charge in [0.15, 0.2) is 0 Å². The zero-order valence-corrected chi connectivity index (χ0v) is 13.3. The molecule has 1 atom stereocenters. The standard InChI is InChI=1S/C17H22N4O2/c1-23-14-6-4-13(5-7-14)16-15(11-20-21-16)17(22)19-10-12-3-2-8-18-9-12/h4-7,11-12,18H,2-3,8-10H2,1H3,(H,19,22)(H,20,21). The molecule has 1 aliphatic heterocycles. The number of carbonyl (C=O) groups excluding carboxylic acids is 1. The van der Waals surface area contributed by atoms with Gasteiger partial charge in [0.05, 0.1) is 24.6 Å². The summed E-state index contributed by atoms with van der Waals surface area (Å²) in [4.78, 5) is 12.4. The van der Waals surface area contributed by atoms with Crippen LogP contribution in [0.4, 0.5) is 0 Å². The van der Waals surface area contributed by atoms with E-state index in [9.17, 15) is 4.79 Å². The number of H-pyrrole nitrogens is 1. The first-order chi connectivity index (χ1) is 11.3. The summed E-state index contributed by atoms with van der Waals surface area (Å²) in [6.07, 6.45) is 3.90. The van der Waals surface area contributed by atoms with Crippen molar-refractivity contribution in [3.8, 4) is 17.0 Å². The highest BCUT2D eigenvalue weighted by Gasteiger charge is 2.18. The van der Waals surface area contributed by atoms with Gasteiger partial charge in [-0.25, -0.2) is 0 Å². The summed E-state index contributed by atoms with van der Waals surface area (Å²) in [5.74, 6) is 1.20. The third-order valence-electron chi connectivity index (χ3n) is 4.21. The van der Waals surface area contributed by atoms with Crippen molar-refractivity contribution in [3.05, 3.63) is 36.0 Å². The summed E-state index contributed by atoms with van der Waals surface area (Å²) in [7, 11) is 1.63. The molecule has 1 unspecified atom stereocenters. The van der Waals surface area contributed by atoms with E-state index in [4.69, 9.17) is 4.74 Å². The van der Waals surface area contributed by atoms with Crippen LogP contribution in [-0.4, -0.2) is 42.8 Å². The highest BCUT2D eigenvalue weighted by molar-refractivity contribution is 5.99. The summed E-state index contributed by atoms with van der Waals surface area (Å²) in [5.41, 5.74) is 2.21. The molecule has 1 fully saturated rings. The van der Waals surface area contributed by atoms with E-state index < -0.39 is 0 Å². The van der Waals surface area contributed by atoms with Crippen molar-refractivity contribution in [2.75, 3.05) is 26.7 Å². The summed E-state index contributed by atoms with van der Waals surface area (Å²) < 4.78 is 5.16. The molecule has 2 aromatic rings. The predicted molar refractivity (Wildman–Crippen MR) is 88.5 cm³/mol. The first-order valence-electron chi connectivity index (χ1n) is 7.94. The normalized spacial score (nSPS) is 17.7. The Bertz CT molecular complexity index is 645. The van der Waals surface area contributed by atoms with Crippen molar-refractivity contribution < 1.29 is 9.53 Å². The van der Waals surface area contributed by atoms with Crippen LogP contribution < -0.4 is 15.4 Å². The lowest BCUT2D eigenvalue weighted by Gasteiger charge is -2.22. The summed E-state index contributed by atoms with van der Waals surface area (Å²) in [6, 6.07) is 7.56. The summed E-state index contributed by atoms with van der Waals surface area (Å²) in [6.45, 7) is 2.74. The van der Waals surface area contributed by atoms with Crippen LogP contribution in [0.15, 0.2) is 30.5 Å². The first-order valence-corrected chi connectivity index (χ1v) is 7.94. The van der Waals surface area contributed by atoms with E-state index in [0.29, 0.717) is 18.0 Å². The topological polar surface area (TPSA) is 79.0 Å². The van der Waals surface area contributed by atoms with E-state index in [1.807, 2.05) is 24.3 Å². The molecule has 0 aliphatic carbocycles. The molecule has 1 aliphatic rings. The molecule has 6 heteroatoms. The Morgan fingerprint density at radius 3 is 2.91 bits per heavy atom. The van der Waals surface area contributed by atoms with E-state index in [2.05, 4.69) is 20.8 Å². The first kappa shape index (κ1) is 15.6. The van der Waals surface area contributed by atoms with Gasteiger partial charge in [0, 0.05) is 12.1 Å². The number of benzene rings is 1. The fourth-order valence-corrected chi connectivity index (χ4v) is 2.87. The molecule has 6 nitrogen and oxygen atoms in total. The molecule has 0 saturated carbocycles. The molecule has 1 aromatic heterocycles. The lowest BCUT2D eigenvalue weighted by molar-refractivity contribution is 0.0945. The molecule has 23 heavy (non-hydrogen) atoms. The SMILES string of the molecule is COc1ccc(-c2[nH]ncc2C(=O)NCC2CCCNC2)cc1. The minimum atomic E-state index is -0.0878. The van der Waals surface area contributed by atoms with Gasteiger partial charge in [-0.1, -0.05) is 0 Å². The van der Waals surface area contributed by atoms with Crippen LogP contribution in [0.25, 0.3) is 11.3 Å². The number of methoxy groups -OCH3 is 1. The predicted octanol–water partition coefficient (Wildman–Crippen LogP) is 1.81. The van der Waals surface area contributed by atoms with Crippen molar-refractivity contribution in [1.29, 1.82) is 0 Å². The Balaban J connectivity index is 1.67. The largest absolute Gasteiger partial charge is 0.497 e. The van der Waals surface area contributed by atoms with Crippen molar-refractivity contribution in [1.82, 2.24) is 20.8 Å². The molecule has 0 spiro atoms. The lowest BCUT2D eigenvalue weighted by atomic mass is 9.99. The van der Waals surface area contributed by atoms with Crippen molar-refractivity contribution in [2.45, 2.75) is 12.8 Å². The molecular formula is C17H22N4O2. The van der Waals surface area contributed by atoms with E-state index in [-0.39, 0.29) is 5.91 Å². The number of hydrogen-bond acceptors (Lipinski definition) is 4. The average molecular weight is 314 g/mol. The molecular weight excluding hydrogens is 292 g/mol. The molecule has 3 N–H and O–H groups in total. The highest BCUT2D eigenvalue weighted by Crippen LogP contribution is 2.23. The molecule has 0 radical (unpaired) electrons. The highest BCUT2D eigenvalue weighted by atomic mass is 16.5. The third-order valence-corrected chi connectivity index (χ3v) is 4.21. The number of aromatic amines is 1. The number of rotatable bonds is 5. The third kappa shape index (κ3) is 3.71. The Labute approximate surface area is 135 Å². The van der Waals surface area contributed by atoms with E-state index >= 15 is 0 Å². The Kier molecular flexibility index (Phi) is 4.92. The van der Waals surface area contributed by atoms with Gasteiger partial charge in [-0.3, -0.25) is 9.89 Å². The van der Waals surface area contributed by atoms with E-state index in [0.717, 1.165) is 36.5 Å². The lowest BCUT2D eigenvalue weighted by Crippen LogP contribution is -2.38. The quantitative estimate of drug-likeness (QED) is 0.786. The van der Waals surface area contributed by atoms with E-state index in [1.54, 1.807) is 13.3 Å². The van der Waals surface area contributed by atoms with Crippen LogP contribution in [0.3, 0.4) is 0 Å². The van der Waals surface area contributed by atoms with Gasteiger partial charge in [-0.15, -0.1) is 0 Å². The number of nitrogens with zero attached hydrogens (tertiary/aromatic N) is 1. The van der Waals surface area contributed by atoms with Crippen LogP contribution in [-0.2, 0) is 0 Å². The number of nitrogens with one attached hydrogen (secondary N) is 3. The fraction of sp³-hybridized carbons (Fsp3) is 0.412. The fourth-order valence-electron chi connectivity index (χ4n) is 2.87. The van der Waals surface area contributed by atoms with Gasteiger partial charge in [-0.05, 0) is 56.1 Å². The van der Waals surface area contributed by atoms with Gasteiger partial charge >= 0.3 is 0 Å². The van der Waals surface area contributed by atoms with Crippen molar-refractivity contribution >= 4 is 5.91 Å². The van der Waals surface area contributed by atoms with E-state index in [1.165, 1.54) is 6.42 Å². The van der Waals surface area contributed by atoms with Crippen LogP contribution in [0.5, 0.6) is 5.75 Å². The molecule has 1 saturated heterocycles. The van der Waals surface area contributed by atoms with Gasteiger partial charge in [-0.2, -0.15) is 5.10 Å². The maximum absolute atomic E-state index is 12.4. The second-order valence-corrected chi connectivity index (χ2v) is 5.81. The second-order valence-electron chi connectivity index (χ2n) is 5.81. The molecule has 2 heterocycles. The number of amides is 1. The zero-order chi connectivity index (χ0) is 16.1. The monoisotopic (exact) mass is 314 g/mol. The molecule has 122 valence electrons. The van der Waals surface area contributed by atoms with Gasteiger partial charge in [0.25, 0.3) is 5.91 Å². The van der Waals surface area contributed by atoms with Crippen LogP contribution >= 0.6 is 0 Å². The number of hydrogen-bond donors (Lipinski definition) is 3. The maximum Gasteiger partial charge on any atom is 0.255 e. The van der Waals surface area contributed by atoms with Crippen LogP contribution in [0.2, 0.25) is 0 Å². The van der Waals surface area contributed by atoms with Gasteiger partial charge < -0.3 is 15.4 Å². The van der Waals surface area contributed by atoms with Crippen LogP contribution in [0, 0.1) is 5.92 Å². The van der Waals surface area contributed by atoms with Gasteiger partial charge in [0.1, 0.15) is 5.75 Å². The number of carbonyl (C=O) groups is 1. The number of ether oxygens (including phenoxy) is 1. The second kappa shape index (κ2) is 7.28. The van der Waals surface area contributed by atoms with Gasteiger partial charge in [0.2, 0.25) is 0 Å². The zero-order valence-electron chi connectivity index (χ0n) is 13.3. The number of aromatic nitrogens is 2. The maximum atomic E-state index is 12.4. The molecule has 1 aromatic carbocycles. The molecule has 1 amide bonds. The van der Waals surface area contributed by atoms with Crippen LogP contribution in [0.1, 0.15) is 23.2 Å². The molecule has 0 bridgehead atoms. The Morgan fingerprint density at radius 2 is 2.22 bits per heavy atom. The summed E-state index contributed by atoms with van der Waals surface area (Å²) in [5, 5.41) is 13.3. The minimum Gasteiger partial charge on any atom is -0.497 e. The minimum absolute atomic E-state index is 0.0878. The molecule has 3 rings (SSSR count). The summed E-state index contributed by atoms with van der Waals surface area (Å²) >= 11 is 0. The smallest absolute Gasteiger partial charge is 0.255 e. The average Bonchev–Trinajstić information content (AvgIpc) is 3.10. The van der Waals surface area contributed by atoms with Crippen molar-refractivity contribution in [3.63, 3.8) is 0 Å².